The van der Waals surface area contributed by atoms with Crippen LogP contribution in [0.4, 0.5) is 8.78 Å². The van der Waals surface area contributed by atoms with Crippen molar-refractivity contribution >= 4 is 27.3 Å². The van der Waals surface area contributed by atoms with Crippen molar-refractivity contribution in [3.8, 4) is 10.6 Å². The average Bonchev–Trinajstić information content (AvgIpc) is 3.10. The van der Waals surface area contributed by atoms with Gasteiger partial charge in [0.1, 0.15) is 16.6 Å². The van der Waals surface area contributed by atoms with Crippen LogP contribution in [0.5, 0.6) is 0 Å². The minimum atomic E-state index is -3.90. The third-order valence-electron chi connectivity index (χ3n) is 4.14. The van der Waals surface area contributed by atoms with Crippen LogP contribution in [-0.4, -0.2) is 31.0 Å². The van der Waals surface area contributed by atoms with Crippen molar-refractivity contribution < 1.29 is 27.1 Å². The van der Waals surface area contributed by atoms with Crippen molar-refractivity contribution in [2.24, 2.45) is 0 Å². The third kappa shape index (κ3) is 4.84. The number of hydrogen-bond donors (Lipinski definition) is 2. The number of carbonyl (C=O) groups is 1. The average molecular weight is 438 g/mol. The van der Waals surface area contributed by atoms with E-state index in [1.54, 1.807) is 12.3 Å². The van der Waals surface area contributed by atoms with E-state index in [1.807, 2.05) is 0 Å². The van der Waals surface area contributed by atoms with E-state index in [9.17, 15) is 22.0 Å². The number of hydrogen-bond acceptors (Lipinski definition) is 5. The maximum Gasteiger partial charge on any atom is 0.335 e. The Morgan fingerprint density at radius 1 is 1.21 bits per heavy atom. The number of carboxylic acid groups (broad SMARTS) is 1. The fourth-order valence-electron chi connectivity index (χ4n) is 2.60. The summed E-state index contributed by atoms with van der Waals surface area (Å²) in [7, 11) is -3.90. The Hall–Kier alpha value is -2.69. The fourth-order valence-corrected chi connectivity index (χ4v) is 4.54. The third-order valence-corrected chi connectivity index (χ3v) is 6.52. The quantitative estimate of drug-likeness (QED) is 0.587. The number of aromatic carboxylic acids is 1. The molecule has 0 bridgehead atoms. The van der Waals surface area contributed by atoms with E-state index in [0.717, 1.165) is 18.2 Å². The molecule has 0 aliphatic carbocycles. The molecule has 0 saturated heterocycles. The van der Waals surface area contributed by atoms with E-state index in [2.05, 4.69) is 9.71 Å². The molecule has 2 aromatic carbocycles. The minimum Gasteiger partial charge on any atom is -0.478 e. The van der Waals surface area contributed by atoms with Gasteiger partial charge in [0.05, 0.1) is 16.2 Å². The van der Waals surface area contributed by atoms with Crippen LogP contribution in [0.3, 0.4) is 0 Å². The Morgan fingerprint density at radius 2 is 1.97 bits per heavy atom. The lowest BCUT2D eigenvalue weighted by Gasteiger charge is -2.08. The lowest BCUT2D eigenvalue weighted by Crippen LogP contribution is -2.26. The van der Waals surface area contributed by atoms with Gasteiger partial charge in [-0.1, -0.05) is 6.07 Å². The van der Waals surface area contributed by atoms with Crippen molar-refractivity contribution in [1.29, 1.82) is 0 Å². The molecular formula is C19H16F2N2O4S2. The Bertz CT molecular complexity index is 1180. The summed E-state index contributed by atoms with van der Waals surface area (Å²) in [6, 6.07) is 7.09. The zero-order valence-corrected chi connectivity index (χ0v) is 16.8. The van der Waals surface area contributed by atoms with Gasteiger partial charge in [-0.25, -0.2) is 31.7 Å². The summed E-state index contributed by atoms with van der Waals surface area (Å²) in [5.41, 5.74) is 1.09. The van der Waals surface area contributed by atoms with Crippen LogP contribution in [0.1, 0.15) is 21.6 Å². The van der Waals surface area contributed by atoms with E-state index in [-0.39, 0.29) is 29.0 Å². The Labute approximate surface area is 169 Å². The van der Waals surface area contributed by atoms with Gasteiger partial charge < -0.3 is 5.11 Å². The normalized spacial score (nSPS) is 11.6. The monoisotopic (exact) mass is 438 g/mol. The van der Waals surface area contributed by atoms with Crippen molar-refractivity contribution in [1.82, 2.24) is 9.71 Å². The predicted octanol–water partition coefficient (Wildman–Crippen LogP) is 3.62. The van der Waals surface area contributed by atoms with Gasteiger partial charge in [-0.3, -0.25) is 0 Å². The fraction of sp³-hybridized carbons (Fsp3) is 0.158. The van der Waals surface area contributed by atoms with Crippen LogP contribution in [0.15, 0.2) is 46.7 Å². The van der Waals surface area contributed by atoms with Gasteiger partial charge in [-0.05, 0) is 36.8 Å². The van der Waals surface area contributed by atoms with E-state index in [0.29, 0.717) is 16.3 Å². The smallest absolute Gasteiger partial charge is 0.335 e. The first kappa shape index (κ1) is 21.0. The van der Waals surface area contributed by atoms with Crippen LogP contribution in [0, 0.1) is 18.6 Å². The maximum absolute atomic E-state index is 13.9. The number of sulfonamides is 1. The Morgan fingerprint density at radius 3 is 2.66 bits per heavy atom. The number of rotatable bonds is 7. The second kappa shape index (κ2) is 8.36. The van der Waals surface area contributed by atoms with Gasteiger partial charge in [-0.2, -0.15) is 0 Å². The summed E-state index contributed by atoms with van der Waals surface area (Å²) in [5.74, 6) is -2.61. The highest BCUT2D eigenvalue weighted by Gasteiger charge is 2.18. The molecule has 0 radical (unpaired) electrons. The molecule has 0 aliphatic heterocycles. The van der Waals surface area contributed by atoms with Gasteiger partial charge in [0, 0.05) is 30.0 Å². The molecule has 0 spiro atoms. The van der Waals surface area contributed by atoms with Crippen molar-refractivity contribution in [2.45, 2.75) is 18.2 Å². The summed E-state index contributed by atoms with van der Waals surface area (Å²) >= 11 is 1.17. The largest absolute Gasteiger partial charge is 0.478 e. The molecule has 2 N–H and O–H groups in total. The molecule has 152 valence electrons. The number of halogens is 2. The second-order valence-electron chi connectivity index (χ2n) is 6.20. The number of aromatic nitrogens is 1. The van der Waals surface area contributed by atoms with E-state index < -0.39 is 27.6 Å². The molecule has 10 heteroatoms. The van der Waals surface area contributed by atoms with Gasteiger partial charge >= 0.3 is 5.97 Å². The van der Waals surface area contributed by atoms with Crippen LogP contribution in [-0.2, 0) is 16.4 Å². The lowest BCUT2D eigenvalue weighted by atomic mass is 10.1. The van der Waals surface area contributed by atoms with Crippen LogP contribution >= 0.6 is 11.3 Å². The van der Waals surface area contributed by atoms with E-state index in [1.165, 1.54) is 29.5 Å². The summed E-state index contributed by atoms with van der Waals surface area (Å²) in [4.78, 5) is 15.3. The summed E-state index contributed by atoms with van der Waals surface area (Å²) in [6.07, 6.45) is 0.246. The second-order valence-corrected chi connectivity index (χ2v) is 8.82. The molecule has 3 rings (SSSR count). The molecule has 0 amide bonds. The van der Waals surface area contributed by atoms with Gasteiger partial charge in [0.25, 0.3) is 0 Å². The number of nitrogens with zero attached hydrogens (tertiary/aromatic N) is 1. The molecule has 29 heavy (non-hydrogen) atoms. The van der Waals surface area contributed by atoms with E-state index in [4.69, 9.17) is 5.11 Å². The van der Waals surface area contributed by atoms with Gasteiger partial charge in [0.2, 0.25) is 10.0 Å². The molecule has 1 aromatic heterocycles. The van der Waals surface area contributed by atoms with Gasteiger partial charge in [0.15, 0.2) is 0 Å². The standard InChI is InChI=1S/C19H16F2N2O4S2/c1-11-2-4-14(9-16(11)19(24)25)29(26,27)22-7-6-13-10-28-18(23-13)15-5-3-12(20)8-17(15)21/h2-5,8-10,22H,6-7H2,1H3,(H,24,25). The number of aryl methyl sites for hydroxylation is 1. The summed E-state index contributed by atoms with van der Waals surface area (Å²) in [5, 5.41) is 11.2. The highest BCUT2D eigenvalue weighted by molar-refractivity contribution is 7.89. The molecule has 6 nitrogen and oxygen atoms in total. The number of thiazole rings is 1. The van der Waals surface area contributed by atoms with Crippen molar-refractivity contribution in [3.63, 3.8) is 0 Å². The SMILES string of the molecule is Cc1ccc(S(=O)(=O)NCCc2csc(-c3ccc(F)cc3F)n2)cc1C(=O)O. The van der Waals surface area contributed by atoms with Crippen molar-refractivity contribution in [2.75, 3.05) is 6.54 Å². The highest BCUT2D eigenvalue weighted by atomic mass is 32.2. The van der Waals surface area contributed by atoms with Crippen molar-refractivity contribution in [3.05, 3.63) is 70.2 Å². The summed E-state index contributed by atoms with van der Waals surface area (Å²) in [6.45, 7) is 1.60. The Balaban J connectivity index is 1.68. The zero-order chi connectivity index (χ0) is 21.2. The van der Waals surface area contributed by atoms with Gasteiger partial charge in [-0.15, -0.1) is 11.3 Å². The number of carboxylic acids is 1. The Kier molecular flexibility index (Phi) is 6.06. The lowest BCUT2D eigenvalue weighted by molar-refractivity contribution is 0.0696. The summed E-state index contributed by atoms with van der Waals surface area (Å²) < 4.78 is 54.1. The first-order chi connectivity index (χ1) is 13.7. The number of nitrogens with one attached hydrogen (secondary N) is 1. The van der Waals surface area contributed by atoms with Crippen LogP contribution in [0.2, 0.25) is 0 Å². The first-order valence-corrected chi connectivity index (χ1v) is 10.8. The molecule has 1 heterocycles. The molecule has 0 atom stereocenters. The topological polar surface area (TPSA) is 96.4 Å². The molecular weight excluding hydrogens is 422 g/mol. The first-order valence-electron chi connectivity index (χ1n) is 8.41. The highest BCUT2D eigenvalue weighted by Crippen LogP contribution is 2.27. The number of benzene rings is 2. The maximum atomic E-state index is 13.9. The van der Waals surface area contributed by atoms with E-state index >= 15 is 0 Å². The van der Waals surface area contributed by atoms with Crippen LogP contribution < -0.4 is 4.72 Å². The molecule has 0 fully saturated rings. The minimum absolute atomic E-state index is 0.0215. The molecule has 0 unspecified atom stereocenters. The zero-order valence-electron chi connectivity index (χ0n) is 15.1. The predicted molar refractivity (Wildman–Crippen MR) is 104 cm³/mol. The van der Waals surface area contributed by atoms with Crippen LogP contribution in [0.25, 0.3) is 10.6 Å². The molecule has 3 aromatic rings. The molecule has 0 aliphatic rings. The molecule has 0 saturated carbocycles.